The number of fused-ring (bicyclic) bond motifs is 1. The van der Waals surface area contributed by atoms with Crippen molar-refractivity contribution >= 4 is 22.8 Å². The highest BCUT2D eigenvalue weighted by Crippen LogP contribution is 2.24. The van der Waals surface area contributed by atoms with Crippen LogP contribution in [0, 0.1) is 5.92 Å². The second kappa shape index (κ2) is 6.01. The van der Waals surface area contributed by atoms with Gasteiger partial charge in [-0.3, -0.25) is 9.89 Å². The van der Waals surface area contributed by atoms with Crippen LogP contribution >= 0.6 is 0 Å². The Bertz CT molecular complexity index is 692. The number of hydrogen-bond acceptors (Lipinski definition) is 5. The highest BCUT2D eigenvalue weighted by molar-refractivity contribution is 5.85. The molecule has 1 fully saturated rings. The number of carbonyl (C=O) groups excluding carboxylic acids is 1. The van der Waals surface area contributed by atoms with Gasteiger partial charge in [0.1, 0.15) is 12.1 Å². The lowest BCUT2D eigenvalue weighted by atomic mass is 9.96. The molecule has 2 N–H and O–H groups in total. The number of amides is 1. The Morgan fingerprint density at radius 1 is 1.35 bits per heavy atom. The topological polar surface area (TPSA) is 86.8 Å². The number of nitrogens with one attached hydrogen (secondary N) is 2. The van der Waals surface area contributed by atoms with E-state index in [1.54, 1.807) is 6.20 Å². The van der Waals surface area contributed by atoms with Crippen molar-refractivity contribution < 1.29 is 18.0 Å². The number of aromatic amines is 1. The molecule has 124 valence electrons. The minimum Gasteiger partial charge on any atom is -0.369 e. The van der Waals surface area contributed by atoms with E-state index < -0.39 is 12.1 Å². The average molecular weight is 328 g/mol. The first-order valence-electron chi connectivity index (χ1n) is 7.19. The number of halogens is 3. The SMILES string of the molecule is O=C(N1CCC(CNc2ncnc3[nH]ncc23)CC1)C(F)(F)F. The molecule has 3 rings (SSSR count). The fourth-order valence-corrected chi connectivity index (χ4v) is 2.67. The lowest BCUT2D eigenvalue weighted by molar-refractivity contribution is -0.186. The van der Waals surface area contributed by atoms with Crippen LogP contribution in [0.1, 0.15) is 12.8 Å². The van der Waals surface area contributed by atoms with Crippen LogP contribution in [0.5, 0.6) is 0 Å². The fraction of sp³-hybridized carbons (Fsp3) is 0.538. The fourth-order valence-electron chi connectivity index (χ4n) is 2.67. The molecule has 0 saturated carbocycles. The van der Waals surface area contributed by atoms with Gasteiger partial charge in [-0.2, -0.15) is 18.3 Å². The Balaban J connectivity index is 1.53. The van der Waals surface area contributed by atoms with Gasteiger partial charge in [-0.25, -0.2) is 9.97 Å². The van der Waals surface area contributed by atoms with E-state index in [0.717, 1.165) is 10.3 Å². The molecule has 2 aromatic rings. The molecular formula is C13H15F3N6O. The predicted molar refractivity (Wildman–Crippen MR) is 75.5 cm³/mol. The van der Waals surface area contributed by atoms with E-state index in [-0.39, 0.29) is 19.0 Å². The first-order chi connectivity index (χ1) is 10.9. The lowest BCUT2D eigenvalue weighted by Gasteiger charge is -2.32. The maximum atomic E-state index is 12.4. The summed E-state index contributed by atoms with van der Waals surface area (Å²) in [7, 11) is 0. The van der Waals surface area contributed by atoms with E-state index in [4.69, 9.17) is 0 Å². The van der Waals surface area contributed by atoms with Crippen molar-refractivity contribution in [2.45, 2.75) is 19.0 Å². The summed E-state index contributed by atoms with van der Waals surface area (Å²) in [6, 6.07) is 0. The third-order valence-corrected chi connectivity index (χ3v) is 3.95. The molecule has 1 saturated heterocycles. The maximum absolute atomic E-state index is 12.4. The first-order valence-corrected chi connectivity index (χ1v) is 7.19. The van der Waals surface area contributed by atoms with Gasteiger partial charge in [-0.15, -0.1) is 0 Å². The molecule has 1 aliphatic rings. The highest BCUT2D eigenvalue weighted by atomic mass is 19.4. The van der Waals surface area contributed by atoms with E-state index in [9.17, 15) is 18.0 Å². The minimum absolute atomic E-state index is 0.121. The Hall–Kier alpha value is -2.39. The van der Waals surface area contributed by atoms with Crippen LogP contribution in [0.4, 0.5) is 19.0 Å². The molecule has 1 amide bonds. The van der Waals surface area contributed by atoms with Gasteiger partial charge in [0.2, 0.25) is 0 Å². The number of carbonyl (C=O) groups is 1. The van der Waals surface area contributed by atoms with Gasteiger partial charge in [0.15, 0.2) is 5.65 Å². The normalized spacial score (nSPS) is 16.7. The molecule has 10 heteroatoms. The Kier molecular flexibility index (Phi) is 4.05. The molecule has 2 aromatic heterocycles. The molecule has 0 atom stereocenters. The standard InChI is InChI=1S/C13H15F3N6O/c14-13(15,16)12(23)22-3-1-8(2-4-22)5-17-10-9-6-20-21-11(9)19-7-18-10/h6-8H,1-5H2,(H2,17,18,19,20,21). The number of H-pyrrole nitrogens is 1. The van der Waals surface area contributed by atoms with Gasteiger partial charge in [0.05, 0.1) is 11.6 Å². The summed E-state index contributed by atoms with van der Waals surface area (Å²) in [6.07, 6.45) is -0.725. The first kappa shape index (κ1) is 15.5. The summed E-state index contributed by atoms with van der Waals surface area (Å²) < 4.78 is 37.2. The zero-order valence-electron chi connectivity index (χ0n) is 12.1. The van der Waals surface area contributed by atoms with Crippen LogP contribution in [-0.2, 0) is 4.79 Å². The van der Waals surface area contributed by atoms with Gasteiger partial charge in [0, 0.05) is 19.6 Å². The third kappa shape index (κ3) is 3.35. The number of anilines is 1. The molecule has 1 aliphatic heterocycles. The van der Waals surface area contributed by atoms with Crippen molar-refractivity contribution in [3.63, 3.8) is 0 Å². The minimum atomic E-state index is -4.79. The molecule has 0 aliphatic carbocycles. The Labute approximate surface area is 129 Å². The van der Waals surface area contributed by atoms with Crippen molar-refractivity contribution in [1.29, 1.82) is 0 Å². The number of aromatic nitrogens is 4. The summed E-state index contributed by atoms with van der Waals surface area (Å²) >= 11 is 0. The highest BCUT2D eigenvalue weighted by Gasteiger charge is 2.43. The number of nitrogens with zero attached hydrogens (tertiary/aromatic N) is 4. The van der Waals surface area contributed by atoms with Gasteiger partial charge in [0.25, 0.3) is 0 Å². The van der Waals surface area contributed by atoms with E-state index in [0.29, 0.717) is 30.9 Å². The van der Waals surface area contributed by atoms with Crippen molar-refractivity contribution in [2.24, 2.45) is 5.92 Å². The van der Waals surface area contributed by atoms with E-state index in [1.165, 1.54) is 6.33 Å². The van der Waals surface area contributed by atoms with Crippen LogP contribution in [0.2, 0.25) is 0 Å². The summed E-state index contributed by atoms with van der Waals surface area (Å²) in [6.45, 7) is 0.816. The van der Waals surface area contributed by atoms with Crippen LogP contribution in [0.25, 0.3) is 11.0 Å². The number of hydrogen-bond donors (Lipinski definition) is 2. The largest absolute Gasteiger partial charge is 0.471 e. The quantitative estimate of drug-likeness (QED) is 0.893. The number of likely N-dealkylation sites (tertiary alicyclic amines) is 1. The summed E-state index contributed by atoms with van der Waals surface area (Å²) in [5, 5.41) is 10.6. The van der Waals surface area contributed by atoms with Crippen LogP contribution in [-0.4, -0.2) is 56.8 Å². The summed E-state index contributed by atoms with van der Waals surface area (Å²) in [4.78, 5) is 20.2. The molecule has 0 aromatic carbocycles. The van der Waals surface area contributed by atoms with Gasteiger partial charge < -0.3 is 10.2 Å². The molecule has 7 nitrogen and oxygen atoms in total. The van der Waals surface area contributed by atoms with E-state index in [1.807, 2.05) is 0 Å². The van der Waals surface area contributed by atoms with E-state index in [2.05, 4.69) is 25.5 Å². The molecule has 3 heterocycles. The number of piperidine rings is 1. The average Bonchev–Trinajstić information content (AvgIpc) is 3.01. The summed E-state index contributed by atoms with van der Waals surface area (Å²) in [5.74, 6) is -0.929. The molecule has 0 spiro atoms. The molecule has 0 bridgehead atoms. The van der Waals surface area contributed by atoms with Gasteiger partial charge in [-0.1, -0.05) is 0 Å². The molecule has 0 unspecified atom stereocenters. The zero-order valence-corrected chi connectivity index (χ0v) is 12.1. The Morgan fingerprint density at radius 3 is 2.78 bits per heavy atom. The second-order valence-electron chi connectivity index (χ2n) is 5.47. The van der Waals surface area contributed by atoms with Crippen LogP contribution < -0.4 is 5.32 Å². The van der Waals surface area contributed by atoms with E-state index >= 15 is 0 Å². The zero-order chi connectivity index (χ0) is 16.4. The van der Waals surface area contributed by atoms with Gasteiger partial charge >= 0.3 is 12.1 Å². The third-order valence-electron chi connectivity index (χ3n) is 3.95. The lowest BCUT2D eigenvalue weighted by Crippen LogP contribution is -2.46. The van der Waals surface area contributed by atoms with Crippen LogP contribution in [0.15, 0.2) is 12.5 Å². The Morgan fingerprint density at radius 2 is 2.09 bits per heavy atom. The van der Waals surface area contributed by atoms with Crippen molar-refractivity contribution in [2.75, 3.05) is 25.0 Å². The van der Waals surface area contributed by atoms with Crippen LogP contribution in [0.3, 0.4) is 0 Å². The number of rotatable bonds is 3. The monoisotopic (exact) mass is 328 g/mol. The van der Waals surface area contributed by atoms with Crippen molar-refractivity contribution in [1.82, 2.24) is 25.1 Å². The maximum Gasteiger partial charge on any atom is 0.471 e. The van der Waals surface area contributed by atoms with Crippen molar-refractivity contribution in [3.05, 3.63) is 12.5 Å². The second-order valence-corrected chi connectivity index (χ2v) is 5.47. The smallest absolute Gasteiger partial charge is 0.369 e. The van der Waals surface area contributed by atoms with Crippen molar-refractivity contribution in [3.8, 4) is 0 Å². The molecule has 23 heavy (non-hydrogen) atoms. The number of alkyl halides is 3. The summed E-state index contributed by atoms with van der Waals surface area (Å²) in [5.41, 5.74) is 0.619. The predicted octanol–water partition coefficient (Wildman–Crippen LogP) is 1.57. The molecular weight excluding hydrogens is 313 g/mol. The van der Waals surface area contributed by atoms with Gasteiger partial charge in [-0.05, 0) is 18.8 Å². The molecule has 0 radical (unpaired) electrons.